The van der Waals surface area contributed by atoms with E-state index in [0.29, 0.717) is 6.61 Å². The molecule has 1 rings (SSSR count). The average molecular weight is 236 g/mol. The fourth-order valence-corrected chi connectivity index (χ4v) is 1.44. The molecule has 1 heterocycles. The summed E-state index contributed by atoms with van der Waals surface area (Å²) >= 11 is 3.31. The maximum absolute atomic E-state index is 11.3. The maximum Gasteiger partial charge on any atom is 0.225 e. The lowest BCUT2D eigenvalue weighted by Gasteiger charge is -2.07. The minimum Gasteiger partial charge on any atom is -0.381 e. The van der Waals surface area contributed by atoms with Crippen molar-refractivity contribution < 1.29 is 9.53 Å². The van der Waals surface area contributed by atoms with Gasteiger partial charge >= 0.3 is 0 Å². The number of nitrogens with one attached hydrogen (secondary N) is 1. The Bertz CT molecular complexity index is 146. The van der Waals surface area contributed by atoms with E-state index in [-0.39, 0.29) is 11.8 Å². The number of rotatable bonds is 4. The fourth-order valence-electron chi connectivity index (χ4n) is 1.16. The molecule has 0 aliphatic carbocycles. The van der Waals surface area contributed by atoms with Gasteiger partial charge in [0.1, 0.15) is 0 Å². The summed E-state index contributed by atoms with van der Waals surface area (Å²) in [5.41, 5.74) is 0. The maximum atomic E-state index is 11.3. The number of alkyl halides is 1. The third kappa shape index (κ3) is 3.11. The van der Waals surface area contributed by atoms with Crippen molar-refractivity contribution in [1.82, 2.24) is 5.32 Å². The van der Waals surface area contributed by atoms with Gasteiger partial charge in [0.2, 0.25) is 5.91 Å². The molecule has 0 radical (unpaired) electrons. The third-order valence-electron chi connectivity index (χ3n) is 1.91. The van der Waals surface area contributed by atoms with E-state index in [2.05, 4.69) is 21.2 Å². The summed E-state index contributed by atoms with van der Waals surface area (Å²) in [6.07, 6.45) is 1.86. The molecule has 0 spiro atoms. The molecule has 4 heteroatoms. The molecule has 0 aromatic rings. The number of hydrogen-bond donors (Lipinski definition) is 1. The van der Waals surface area contributed by atoms with Crippen molar-refractivity contribution in [3.8, 4) is 0 Å². The highest BCUT2D eigenvalue weighted by Crippen LogP contribution is 2.11. The summed E-state index contributed by atoms with van der Waals surface area (Å²) in [5, 5.41) is 3.82. The van der Waals surface area contributed by atoms with Gasteiger partial charge in [0.15, 0.2) is 0 Å². The van der Waals surface area contributed by atoms with Crippen LogP contribution in [0.3, 0.4) is 0 Å². The Morgan fingerprint density at radius 3 is 3.08 bits per heavy atom. The summed E-state index contributed by atoms with van der Waals surface area (Å²) in [5.74, 6) is 0.244. The second-order valence-electron chi connectivity index (χ2n) is 2.89. The minimum atomic E-state index is 0.0975. The van der Waals surface area contributed by atoms with E-state index in [0.717, 1.165) is 31.3 Å². The van der Waals surface area contributed by atoms with Gasteiger partial charge in [-0.05, 0) is 12.8 Å². The molecule has 0 bridgehead atoms. The van der Waals surface area contributed by atoms with Gasteiger partial charge in [-0.15, -0.1) is 0 Å². The van der Waals surface area contributed by atoms with Gasteiger partial charge in [-0.25, -0.2) is 0 Å². The monoisotopic (exact) mass is 235 g/mol. The Kier molecular flexibility index (Phi) is 4.61. The number of amides is 1. The van der Waals surface area contributed by atoms with E-state index in [1.807, 2.05) is 0 Å². The van der Waals surface area contributed by atoms with Crippen LogP contribution in [0.2, 0.25) is 0 Å². The van der Waals surface area contributed by atoms with Crippen molar-refractivity contribution in [1.29, 1.82) is 0 Å². The smallest absolute Gasteiger partial charge is 0.225 e. The zero-order valence-electron chi connectivity index (χ0n) is 7.01. The highest BCUT2D eigenvalue weighted by molar-refractivity contribution is 9.09. The first-order valence-corrected chi connectivity index (χ1v) is 5.38. The lowest BCUT2D eigenvalue weighted by molar-refractivity contribution is -0.124. The topological polar surface area (TPSA) is 38.3 Å². The van der Waals surface area contributed by atoms with Gasteiger partial charge in [0.25, 0.3) is 0 Å². The minimum absolute atomic E-state index is 0.0975. The van der Waals surface area contributed by atoms with Crippen LogP contribution >= 0.6 is 15.9 Å². The number of carbonyl (C=O) groups is 1. The highest BCUT2D eigenvalue weighted by Gasteiger charge is 2.22. The molecule has 70 valence electrons. The Balaban J connectivity index is 2.10. The number of hydrogen-bond acceptors (Lipinski definition) is 2. The molecule has 1 fully saturated rings. The van der Waals surface area contributed by atoms with E-state index in [1.165, 1.54) is 0 Å². The molecule has 1 amide bonds. The molecule has 1 saturated heterocycles. The Labute approximate surface area is 81.0 Å². The summed E-state index contributed by atoms with van der Waals surface area (Å²) in [6, 6.07) is 0. The van der Waals surface area contributed by atoms with Gasteiger partial charge in [-0.1, -0.05) is 15.9 Å². The van der Waals surface area contributed by atoms with Crippen molar-refractivity contribution >= 4 is 21.8 Å². The average Bonchev–Trinajstić information content (AvgIpc) is 2.56. The van der Waals surface area contributed by atoms with Crippen molar-refractivity contribution in [3.05, 3.63) is 0 Å². The third-order valence-corrected chi connectivity index (χ3v) is 2.47. The predicted molar refractivity (Wildman–Crippen MR) is 50.3 cm³/mol. The molecule has 3 nitrogen and oxygen atoms in total. The van der Waals surface area contributed by atoms with Crippen LogP contribution < -0.4 is 5.32 Å². The van der Waals surface area contributed by atoms with Gasteiger partial charge < -0.3 is 10.1 Å². The normalized spacial score (nSPS) is 22.6. The van der Waals surface area contributed by atoms with E-state index in [1.54, 1.807) is 0 Å². The van der Waals surface area contributed by atoms with Crippen molar-refractivity contribution in [2.75, 3.05) is 25.1 Å². The van der Waals surface area contributed by atoms with Crippen molar-refractivity contribution in [2.24, 2.45) is 5.92 Å². The summed E-state index contributed by atoms with van der Waals surface area (Å²) in [6.45, 7) is 2.09. The second kappa shape index (κ2) is 5.54. The quantitative estimate of drug-likeness (QED) is 0.582. The summed E-state index contributed by atoms with van der Waals surface area (Å²) in [7, 11) is 0. The van der Waals surface area contributed by atoms with Gasteiger partial charge in [0, 0.05) is 18.5 Å². The van der Waals surface area contributed by atoms with Crippen LogP contribution in [0.15, 0.2) is 0 Å². The number of ether oxygens (including phenoxy) is 1. The zero-order chi connectivity index (χ0) is 8.81. The molecule has 0 aromatic carbocycles. The zero-order valence-corrected chi connectivity index (χ0v) is 8.60. The molecule has 1 aliphatic heterocycles. The Morgan fingerprint density at radius 2 is 2.50 bits per heavy atom. The molecule has 12 heavy (non-hydrogen) atoms. The molecular formula is C8H14BrNO2. The van der Waals surface area contributed by atoms with Gasteiger partial charge in [0.05, 0.1) is 12.5 Å². The highest BCUT2D eigenvalue weighted by atomic mass is 79.9. The summed E-state index contributed by atoms with van der Waals surface area (Å²) < 4.78 is 5.11. The molecule has 0 saturated carbocycles. The second-order valence-corrected chi connectivity index (χ2v) is 3.69. The molecule has 1 unspecified atom stereocenters. The molecule has 1 aliphatic rings. The first kappa shape index (κ1) is 9.99. The van der Waals surface area contributed by atoms with Crippen LogP contribution in [0.5, 0.6) is 0 Å². The molecule has 0 aromatic heterocycles. The SMILES string of the molecule is O=C(NCCCBr)C1CCOC1. The van der Waals surface area contributed by atoms with Gasteiger partial charge in [-0.2, -0.15) is 0 Å². The largest absolute Gasteiger partial charge is 0.381 e. The van der Waals surface area contributed by atoms with Crippen LogP contribution in [0.25, 0.3) is 0 Å². The van der Waals surface area contributed by atoms with Crippen LogP contribution in [0, 0.1) is 5.92 Å². The molecule has 1 N–H and O–H groups in total. The van der Waals surface area contributed by atoms with E-state index in [9.17, 15) is 4.79 Å². The first-order valence-electron chi connectivity index (χ1n) is 4.26. The van der Waals surface area contributed by atoms with Gasteiger partial charge in [-0.3, -0.25) is 4.79 Å². The lowest BCUT2D eigenvalue weighted by Crippen LogP contribution is -2.31. The first-order chi connectivity index (χ1) is 5.84. The van der Waals surface area contributed by atoms with E-state index < -0.39 is 0 Å². The van der Waals surface area contributed by atoms with Crippen molar-refractivity contribution in [3.63, 3.8) is 0 Å². The molecule has 1 atom stereocenters. The van der Waals surface area contributed by atoms with E-state index in [4.69, 9.17) is 4.74 Å². The van der Waals surface area contributed by atoms with E-state index >= 15 is 0 Å². The number of halogens is 1. The fraction of sp³-hybridized carbons (Fsp3) is 0.875. The van der Waals surface area contributed by atoms with Crippen LogP contribution in [-0.2, 0) is 9.53 Å². The van der Waals surface area contributed by atoms with Crippen LogP contribution in [0.4, 0.5) is 0 Å². The molecular weight excluding hydrogens is 222 g/mol. The Hall–Kier alpha value is -0.0900. The van der Waals surface area contributed by atoms with Crippen LogP contribution in [0.1, 0.15) is 12.8 Å². The van der Waals surface area contributed by atoms with Crippen LogP contribution in [-0.4, -0.2) is 31.0 Å². The van der Waals surface area contributed by atoms with Crippen molar-refractivity contribution in [2.45, 2.75) is 12.8 Å². The lowest BCUT2D eigenvalue weighted by atomic mass is 10.1. The standard InChI is InChI=1S/C8H14BrNO2/c9-3-1-4-10-8(11)7-2-5-12-6-7/h7H,1-6H2,(H,10,11). The summed E-state index contributed by atoms with van der Waals surface area (Å²) in [4.78, 5) is 11.3. The predicted octanol–water partition coefficient (Wildman–Crippen LogP) is 0.924. The Morgan fingerprint density at radius 1 is 1.67 bits per heavy atom. The number of carbonyl (C=O) groups excluding carboxylic acids is 1.